The van der Waals surface area contributed by atoms with Crippen molar-refractivity contribution in [1.29, 1.82) is 0 Å². The molecule has 9 heteroatoms. The van der Waals surface area contributed by atoms with Gasteiger partial charge in [0, 0.05) is 20.0 Å². The van der Waals surface area contributed by atoms with E-state index in [0.29, 0.717) is 35.9 Å². The van der Waals surface area contributed by atoms with Crippen LogP contribution in [0, 0.1) is 0 Å². The van der Waals surface area contributed by atoms with Crippen LogP contribution in [0.3, 0.4) is 0 Å². The maximum absolute atomic E-state index is 12.7. The second-order valence-corrected chi connectivity index (χ2v) is 7.40. The Balaban J connectivity index is 2.64. The minimum Gasteiger partial charge on any atom is -0.481 e. The van der Waals surface area contributed by atoms with Gasteiger partial charge < -0.3 is 5.11 Å². The van der Waals surface area contributed by atoms with Crippen LogP contribution < -0.4 is 11.2 Å². The Morgan fingerprint density at radius 1 is 1.11 bits per heavy atom. The highest BCUT2D eigenvalue weighted by Crippen LogP contribution is 2.23. The normalized spacial score (nSPS) is 11.2. The fourth-order valence-electron chi connectivity index (χ4n) is 2.86. The van der Waals surface area contributed by atoms with Gasteiger partial charge in [-0.3, -0.25) is 18.7 Å². The van der Waals surface area contributed by atoms with Gasteiger partial charge in [-0.15, -0.1) is 0 Å². The average Bonchev–Trinajstić information content (AvgIpc) is 2.64. The summed E-state index contributed by atoms with van der Waals surface area (Å²) in [7, 11) is 1.42. The van der Waals surface area contributed by atoms with Gasteiger partial charge in [-0.05, 0) is 12.8 Å². The van der Waals surface area contributed by atoms with Crippen LogP contribution in [0.2, 0.25) is 0 Å². The number of carboxylic acid groups (broad SMARTS) is 1. The fourth-order valence-corrected chi connectivity index (χ4v) is 3.62. The number of thioether (sulfide) groups is 1. The van der Waals surface area contributed by atoms with Gasteiger partial charge >= 0.3 is 11.7 Å². The standard InChI is InChI=1S/C18H26N4O4S/c1-4-6-7-8-9-12-19-15-14(16(20-12)27-11-13(23)24)17(25)21(3)18(26)22(15)10-5-2/h4-11H2,1-3H3,(H,23,24). The molecule has 2 aromatic rings. The van der Waals surface area contributed by atoms with Crippen LogP contribution in [0.15, 0.2) is 14.6 Å². The highest BCUT2D eigenvalue weighted by atomic mass is 32.2. The van der Waals surface area contributed by atoms with Crippen molar-refractivity contribution in [2.45, 2.75) is 63.9 Å². The van der Waals surface area contributed by atoms with Gasteiger partial charge in [0.2, 0.25) is 0 Å². The molecule has 0 bridgehead atoms. The molecule has 0 spiro atoms. The van der Waals surface area contributed by atoms with Crippen molar-refractivity contribution in [3.63, 3.8) is 0 Å². The summed E-state index contributed by atoms with van der Waals surface area (Å²) in [5.41, 5.74) is -0.606. The molecule has 0 aliphatic heterocycles. The largest absolute Gasteiger partial charge is 0.481 e. The molecule has 0 fully saturated rings. The monoisotopic (exact) mass is 394 g/mol. The Morgan fingerprint density at radius 3 is 2.48 bits per heavy atom. The predicted molar refractivity (Wildman–Crippen MR) is 106 cm³/mol. The van der Waals surface area contributed by atoms with E-state index in [1.54, 1.807) is 0 Å². The molecular formula is C18H26N4O4S. The molecule has 2 heterocycles. The molecule has 1 N–H and O–H groups in total. The first-order valence-corrected chi connectivity index (χ1v) is 10.2. The van der Waals surface area contributed by atoms with Gasteiger partial charge in [-0.2, -0.15) is 0 Å². The summed E-state index contributed by atoms with van der Waals surface area (Å²) in [5.74, 6) is -0.656. The molecule has 0 saturated carbocycles. The zero-order chi connectivity index (χ0) is 20.0. The number of fused-ring (bicyclic) bond motifs is 1. The predicted octanol–water partition coefficient (Wildman–Crippen LogP) is 2.20. The molecule has 27 heavy (non-hydrogen) atoms. The van der Waals surface area contributed by atoms with Gasteiger partial charge in [-0.25, -0.2) is 14.8 Å². The number of aromatic nitrogens is 4. The van der Waals surface area contributed by atoms with E-state index in [4.69, 9.17) is 5.11 Å². The number of aryl methyl sites for hydroxylation is 2. The van der Waals surface area contributed by atoms with E-state index in [1.807, 2.05) is 6.92 Å². The van der Waals surface area contributed by atoms with Crippen LogP contribution in [-0.2, 0) is 24.8 Å². The Morgan fingerprint density at radius 2 is 1.85 bits per heavy atom. The quantitative estimate of drug-likeness (QED) is 0.374. The Hall–Kier alpha value is -2.16. The summed E-state index contributed by atoms with van der Waals surface area (Å²) < 4.78 is 2.52. The van der Waals surface area contributed by atoms with Crippen LogP contribution in [-0.4, -0.2) is 35.9 Å². The van der Waals surface area contributed by atoms with E-state index in [-0.39, 0.29) is 11.1 Å². The molecule has 0 atom stereocenters. The number of aliphatic carboxylic acids is 1. The first kappa shape index (κ1) is 21.1. The maximum atomic E-state index is 12.7. The molecule has 2 rings (SSSR count). The Labute approximate surface area is 161 Å². The molecule has 0 unspecified atom stereocenters. The zero-order valence-corrected chi connectivity index (χ0v) is 16.8. The molecule has 0 aliphatic rings. The van der Waals surface area contributed by atoms with E-state index in [9.17, 15) is 14.4 Å². The lowest BCUT2D eigenvalue weighted by Crippen LogP contribution is -2.39. The van der Waals surface area contributed by atoms with Crippen LogP contribution in [0.4, 0.5) is 0 Å². The lowest BCUT2D eigenvalue weighted by atomic mass is 10.1. The van der Waals surface area contributed by atoms with Crippen LogP contribution in [0.1, 0.15) is 51.8 Å². The summed E-state index contributed by atoms with van der Waals surface area (Å²) >= 11 is 0.992. The minimum absolute atomic E-state index is 0.211. The topological polar surface area (TPSA) is 107 Å². The Bertz CT molecular complexity index is 936. The number of carbonyl (C=O) groups is 1. The third kappa shape index (κ3) is 4.97. The molecule has 0 aromatic carbocycles. The third-order valence-corrected chi connectivity index (χ3v) is 5.19. The van der Waals surface area contributed by atoms with Crippen molar-refractivity contribution in [3.8, 4) is 0 Å². The van der Waals surface area contributed by atoms with Crippen LogP contribution in [0.25, 0.3) is 11.0 Å². The molecule has 0 aliphatic carbocycles. The highest BCUT2D eigenvalue weighted by molar-refractivity contribution is 8.00. The number of rotatable bonds is 10. The summed E-state index contributed by atoms with van der Waals surface area (Å²) in [6.45, 7) is 4.50. The minimum atomic E-state index is -0.991. The first-order chi connectivity index (χ1) is 12.9. The number of unbranched alkanes of at least 4 members (excludes halogenated alkanes) is 3. The van der Waals surface area contributed by atoms with E-state index in [0.717, 1.165) is 42.0 Å². The van der Waals surface area contributed by atoms with Crippen molar-refractivity contribution in [2.24, 2.45) is 7.05 Å². The van der Waals surface area contributed by atoms with Crippen molar-refractivity contribution < 1.29 is 9.90 Å². The average molecular weight is 394 g/mol. The van der Waals surface area contributed by atoms with Crippen molar-refractivity contribution in [2.75, 3.05) is 5.75 Å². The number of hydrogen-bond acceptors (Lipinski definition) is 6. The molecule has 2 aromatic heterocycles. The number of nitrogens with zero attached hydrogens (tertiary/aromatic N) is 4. The highest BCUT2D eigenvalue weighted by Gasteiger charge is 2.19. The summed E-state index contributed by atoms with van der Waals surface area (Å²) in [6.07, 6.45) is 5.53. The number of hydrogen-bond donors (Lipinski definition) is 1. The van der Waals surface area contributed by atoms with E-state index < -0.39 is 17.2 Å². The van der Waals surface area contributed by atoms with E-state index >= 15 is 0 Å². The molecule has 8 nitrogen and oxygen atoms in total. The van der Waals surface area contributed by atoms with E-state index in [2.05, 4.69) is 16.9 Å². The third-order valence-electron chi connectivity index (χ3n) is 4.23. The van der Waals surface area contributed by atoms with Gasteiger partial charge in [0.15, 0.2) is 5.65 Å². The van der Waals surface area contributed by atoms with Gasteiger partial charge in [0.05, 0.1) is 5.75 Å². The number of carboxylic acids is 1. The second kappa shape index (κ2) is 9.68. The van der Waals surface area contributed by atoms with Crippen molar-refractivity contribution in [1.82, 2.24) is 19.1 Å². The molecular weight excluding hydrogens is 368 g/mol. The fraction of sp³-hybridized carbons (Fsp3) is 0.611. The maximum Gasteiger partial charge on any atom is 0.332 e. The first-order valence-electron chi connectivity index (χ1n) is 9.25. The summed E-state index contributed by atoms with van der Waals surface area (Å²) in [5, 5.41) is 9.57. The zero-order valence-electron chi connectivity index (χ0n) is 16.0. The van der Waals surface area contributed by atoms with Crippen molar-refractivity contribution >= 4 is 28.8 Å². The van der Waals surface area contributed by atoms with Gasteiger partial charge in [-0.1, -0.05) is 44.9 Å². The van der Waals surface area contributed by atoms with Crippen LogP contribution >= 0.6 is 11.8 Å². The summed E-state index contributed by atoms with van der Waals surface area (Å²) in [4.78, 5) is 45.2. The van der Waals surface area contributed by atoms with Crippen LogP contribution in [0.5, 0.6) is 0 Å². The molecule has 0 saturated heterocycles. The Kier molecular flexibility index (Phi) is 7.58. The van der Waals surface area contributed by atoms with Crippen molar-refractivity contribution in [3.05, 3.63) is 26.7 Å². The smallest absolute Gasteiger partial charge is 0.332 e. The molecule has 0 radical (unpaired) electrons. The lowest BCUT2D eigenvalue weighted by molar-refractivity contribution is -0.133. The molecule has 0 amide bonds. The summed E-state index contributed by atoms with van der Waals surface area (Å²) in [6, 6.07) is 0. The van der Waals surface area contributed by atoms with Gasteiger partial charge in [0.25, 0.3) is 5.56 Å². The SMILES string of the molecule is CCCCCCc1nc(SCC(=O)O)c2c(=O)n(C)c(=O)n(CCC)c2n1. The lowest BCUT2D eigenvalue weighted by Gasteiger charge is -2.13. The second-order valence-electron chi connectivity index (χ2n) is 6.44. The van der Waals surface area contributed by atoms with Gasteiger partial charge in [0.1, 0.15) is 16.2 Å². The molecule has 148 valence electrons. The van der Waals surface area contributed by atoms with E-state index in [1.165, 1.54) is 11.6 Å².